The van der Waals surface area contributed by atoms with Crippen LogP contribution in [-0.4, -0.2) is 40.4 Å². The Morgan fingerprint density at radius 2 is 1.84 bits per heavy atom. The summed E-state index contributed by atoms with van der Waals surface area (Å²) in [6.45, 7) is 13.9. The molecule has 0 aliphatic rings. The van der Waals surface area contributed by atoms with Crippen molar-refractivity contribution in [1.29, 1.82) is 0 Å². The topological polar surface area (TPSA) is 59.1 Å². The Morgan fingerprint density at radius 3 is 2.26 bits per heavy atom. The predicted molar refractivity (Wildman–Crippen MR) is 82.6 cm³/mol. The highest BCUT2D eigenvalue weighted by atomic mass is 15.3. The molecule has 110 valence electrons. The number of rotatable bonds is 7. The van der Waals surface area contributed by atoms with Gasteiger partial charge in [-0.15, -0.1) is 0 Å². The van der Waals surface area contributed by atoms with E-state index in [-0.39, 0.29) is 0 Å². The van der Waals surface area contributed by atoms with E-state index in [9.17, 15) is 0 Å². The highest BCUT2D eigenvalue weighted by Gasteiger charge is 2.17. The maximum absolute atomic E-state index is 6.19. The van der Waals surface area contributed by atoms with Crippen molar-refractivity contribution in [2.75, 3.05) is 30.7 Å². The van der Waals surface area contributed by atoms with E-state index in [2.05, 4.69) is 49.9 Å². The smallest absolute Gasteiger partial charge is 0.148 e. The van der Waals surface area contributed by atoms with Crippen LogP contribution in [0.5, 0.6) is 0 Å². The summed E-state index contributed by atoms with van der Waals surface area (Å²) in [6.07, 6.45) is 0. The van der Waals surface area contributed by atoms with Gasteiger partial charge in [0.1, 0.15) is 5.82 Å². The van der Waals surface area contributed by atoms with E-state index in [1.54, 1.807) is 0 Å². The third-order valence-corrected chi connectivity index (χ3v) is 3.47. The van der Waals surface area contributed by atoms with E-state index < -0.39 is 0 Å². The minimum Gasteiger partial charge on any atom is -0.394 e. The summed E-state index contributed by atoms with van der Waals surface area (Å²) in [4.78, 5) is 2.40. The van der Waals surface area contributed by atoms with Crippen LogP contribution in [0.3, 0.4) is 0 Å². The molecule has 1 atom stereocenters. The first-order valence-corrected chi connectivity index (χ1v) is 7.21. The van der Waals surface area contributed by atoms with E-state index >= 15 is 0 Å². The van der Waals surface area contributed by atoms with Crippen LogP contribution in [0.4, 0.5) is 11.5 Å². The molecule has 0 radical (unpaired) electrons. The standard InChI is InChI=1S/C14H29N5/c1-7-19(8-2)9-11(5)16-14-12(15)13(10(3)4)17-18(14)6/h10-11,16H,7-9,15H2,1-6H3. The molecule has 19 heavy (non-hydrogen) atoms. The van der Waals surface area contributed by atoms with Crippen molar-refractivity contribution >= 4 is 11.5 Å². The lowest BCUT2D eigenvalue weighted by atomic mass is 10.1. The molecule has 0 saturated carbocycles. The number of likely N-dealkylation sites (N-methyl/N-ethyl adjacent to an activating group) is 1. The van der Waals surface area contributed by atoms with Crippen molar-refractivity contribution in [2.24, 2.45) is 7.05 Å². The summed E-state index contributed by atoms with van der Waals surface area (Å²) < 4.78 is 1.85. The number of nitrogens with zero attached hydrogens (tertiary/aromatic N) is 3. The normalized spacial score (nSPS) is 13.3. The lowest BCUT2D eigenvalue weighted by Gasteiger charge is -2.24. The molecule has 1 aromatic heterocycles. The highest BCUT2D eigenvalue weighted by Crippen LogP contribution is 2.28. The maximum atomic E-state index is 6.19. The molecule has 0 aliphatic heterocycles. The molecule has 1 aromatic rings. The zero-order chi connectivity index (χ0) is 14.6. The first-order chi connectivity index (χ1) is 8.90. The molecule has 1 unspecified atom stereocenters. The first-order valence-electron chi connectivity index (χ1n) is 7.21. The van der Waals surface area contributed by atoms with Gasteiger partial charge in [-0.1, -0.05) is 27.7 Å². The summed E-state index contributed by atoms with van der Waals surface area (Å²) >= 11 is 0. The average Bonchev–Trinajstić information content (AvgIpc) is 2.64. The molecule has 0 spiro atoms. The Balaban J connectivity index is 2.76. The largest absolute Gasteiger partial charge is 0.394 e. The molecule has 0 bridgehead atoms. The van der Waals surface area contributed by atoms with Gasteiger partial charge in [0.15, 0.2) is 0 Å². The fourth-order valence-corrected chi connectivity index (χ4v) is 2.31. The van der Waals surface area contributed by atoms with Gasteiger partial charge < -0.3 is 16.0 Å². The molecular formula is C14H29N5. The Morgan fingerprint density at radius 1 is 1.26 bits per heavy atom. The first kappa shape index (κ1) is 15.8. The summed E-state index contributed by atoms with van der Waals surface area (Å²) in [5.74, 6) is 1.28. The van der Waals surface area contributed by atoms with Crippen molar-refractivity contribution in [3.05, 3.63) is 5.69 Å². The summed E-state index contributed by atoms with van der Waals surface area (Å²) in [5, 5.41) is 7.98. The highest BCUT2D eigenvalue weighted by molar-refractivity contribution is 5.66. The molecule has 5 nitrogen and oxygen atoms in total. The molecule has 0 aromatic carbocycles. The van der Waals surface area contributed by atoms with Gasteiger partial charge in [0.2, 0.25) is 0 Å². The average molecular weight is 267 g/mol. The zero-order valence-electron chi connectivity index (χ0n) is 13.2. The Bertz CT molecular complexity index is 393. The van der Waals surface area contributed by atoms with Crippen LogP contribution in [0.15, 0.2) is 0 Å². The third-order valence-electron chi connectivity index (χ3n) is 3.47. The predicted octanol–water partition coefficient (Wildman–Crippen LogP) is 2.27. The molecular weight excluding hydrogens is 238 g/mol. The van der Waals surface area contributed by atoms with Gasteiger partial charge in [-0.2, -0.15) is 5.10 Å². The van der Waals surface area contributed by atoms with Crippen molar-refractivity contribution in [2.45, 2.75) is 46.6 Å². The maximum Gasteiger partial charge on any atom is 0.148 e. The number of aromatic nitrogens is 2. The van der Waals surface area contributed by atoms with Gasteiger partial charge in [-0.25, -0.2) is 0 Å². The Labute approximate surface area is 117 Å². The fourth-order valence-electron chi connectivity index (χ4n) is 2.31. The van der Waals surface area contributed by atoms with E-state index in [0.29, 0.717) is 12.0 Å². The zero-order valence-corrected chi connectivity index (χ0v) is 13.2. The Hall–Kier alpha value is -1.23. The number of anilines is 2. The summed E-state index contributed by atoms with van der Waals surface area (Å²) in [5.41, 5.74) is 7.94. The van der Waals surface area contributed by atoms with E-state index in [4.69, 9.17) is 5.73 Å². The minimum absolute atomic E-state index is 0.345. The van der Waals surface area contributed by atoms with Crippen molar-refractivity contribution in [1.82, 2.24) is 14.7 Å². The van der Waals surface area contributed by atoms with Crippen LogP contribution >= 0.6 is 0 Å². The number of nitrogens with one attached hydrogen (secondary N) is 1. The molecule has 0 aliphatic carbocycles. The van der Waals surface area contributed by atoms with Gasteiger partial charge in [0.25, 0.3) is 0 Å². The van der Waals surface area contributed by atoms with Crippen molar-refractivity contribution in [3.8, 4) is 0 Å². The van der Waals surface area contributed by atoms with Gasteiger partial charge in [-0.05, 0) is 25.9 Å². The number of nitrogens with two attached hydrogens (primary N) is 1. The SMILES string of the molecule is CCN(CC)CC(C)Nc1c(N)c(C(C)C)nn1C. The van der Waals surface area contributed by atoms with Gasteiger partial charge in [0, 0.05) is 19.6 Å². The molecule has 1 rings (SSSR count). The second kappa shape index (κ2) is 6.80. The second-order valence-electron chi connectivity index (χ2n) is 5.46. The van der Waals surface area contributed by atoms with Crippen LogP contribution in [0.2, 0.25) is 0 Å². The minimum atomic E-state index is 0.345. The van der Waals surface area contributed by atoms with Crippen molar-refractivity contribution < 1.29 is 0 Å². The second-order valence-corrected chi connectivity index (χ2v) is 5.46. The quantitative estimate of drug-likeness (QED) is 0.795. The molecule has 0 fully saturated rings. The molecule has 5 heteroatoms. The fraction of sp³-hybridized carbons (Fsp3) is 0.786. The summed E-state index contributed by atoms with van der Waals surface area (Å²) in [7, 11) is 1.94. The van der Waals surface area contributed by atoms with Crippen LogP contribution in [0, 0.1) is 0 Å². The monoisotopic (exact) mass is 267 g/mol. The number of hydrogen-bond acceptors (Lipinski definition) is 4. The van der Waals surface area contributed by atoms with Crippen LogP contribution in [-0.2, 0) is 7.05 Å². The van der Waals surface area contributed by atoms with Crippen LogP contribution in [0.25, 0.3) is 0 Å². The number of nitrogen functional groups attached to an aromatic ring is 1. The van der Waals surface area contributed by atoms with Crippen LogP contribution in [0.1, 0.15) is 46.2 Å². The number of hydrogen-bond donors (Lipinski definition) is 2. The summed E-state index contributed by atoms with van der Waals surface area (Å²) in [6, 6.07) is 0.345. The lowest BCUT2D eigenvalue weighted by Crippen LogP contribution is -2.35. The van der Waals surface area contributed by atoms with Crippen LogP contribution < -0.4 is 11.1 Å². The molecule has 0 saturated heterocycles. The lowest BCUT2D eigenvalue weighted by molar-refractivity contribution is 0.294. The van der Waals surface area contributed by atoms with E-state index in [1.807, 2.05) is 11.7 Å². The van der Waals surface area contributed by atoms with Gasteiger partial charge in [-0.3, -0.25) is 4.68 Å². The van der Waals surface area contributed by atoms with Gasteiger partial charge >= 0.3 is 0 Å². The van der Waals surface area contributed by atoms with E-state index in [0.717, 1.165) is 36.8 Å². The number of aryl methyl sites for hydroxylation is 1. The van der Waals surface area contributed by atoms with Gasteiger partial charge in [0.05, 0.1) is 11.4 Å². The molecule has 1 heterocycles. The Kier molecular flexibility index (Phi) is 5.66. The molecule has 3 N–H and O–H groups in total. The molecule has 0 amide bonds. The van der Waals surface area contributed by atoms with E-state index in [1.165, 1.54) is 0 Å². The van der Waals surface area contributed by atoms with Crippen molar-refractivity contribution in [3.63, 3.8) is 0 Å². The third kappa shape index (κ3) is 3.86.